The normalized spacial score (nSPS) is 13.7. The number of halogens is 3. The van der Waals surface area contributed by atoms with Gasteiger partial charge in [0.05, 0.1) is 22.5 Å². The lowest BCUT2D eigenvalue weighted by Crippen LogP contribution is -2.30. The molecule has 1 saturated heterocycles. The molecular formula is C29H26F3N5O4. The van der Waals surface area contributed by atoms with Gasteiger partial charge in [-0.2, -0.15) is 18.3 Å². The van der Waals surface area contributed by atoms with E-state index in [1.54, 1.807) is 30.3 Å². The Morgan fingerprint density at radius 2 is 1.61 bits per heavy atom. The summed E-state index contributed by atoms with van der Waals surface area (Å²) in [4.78, 5) is 39.9. The Morgan fingerprint density at radius 1 is 0.854 bits per heavy atom. The Labute approximate surface area is 232 Å². The van der Waals surface area contributed by atoms with Crippen LogP contribution in [-0.4, -0.2) is 51.9 Å². The van der Waals surface area contributed by atoms with E-state index in [1.807, 2.05) is 0 Å². The van der Waals surface area contributed by atoms with Crippen LogP contribution < -0.4 is 15.5 Å². The molecule has 0 unspecified atom stereocenters. The molecule has 1 fully saturated rings. The topological polar surface area (TPSA) is 117 Å². The van der Waals surface area contributed by atoms with Crippen molar-refractivity contribution in [3.05, 3.63) is 83.6 Å². The van der Waals surface area contributed by atoms with Crippen molar-refractivity contribution in [2.75, 3.05) is 28.6 Å². The summed E-state index contributed by atoms with van der Waals surface area (Å²) in [5, 5.41) is 18.9. The van der Waals surface area contributed by atoms with E-state index in [0.717, 1.165) is 37.0 Å². The first-order valence-corrected chi connectivity index (χ1v) is 13.0. The smallest absolute Gasteiger partial charge is 0.408 e. The van der Waals surface area contributed by atoms with E-state index in [9.17, 15) is 32.7 Å². The highest BCUT2D eigenvalue weighted by Gasteiger charge is 2.31. The van der Waals surface area contributed by atoms with Crippen LogP contribution in [0, 0.1) is 0 Å². The summed E-state index contributed by atoms with van der Waals surface area (Å²) >= 11 is 0. The first-order chi connectivity index (χ1) is 19.6. The Kier molecular flexibility index (Phi) is 7.64. The number of piperidine rings is 1. The van der Waals surface area contributed by atoms with Crippen molar-refractivity contribution in [3.8, 4) is 0 Å². The van der Waals surface area contributed by atoms with Crippen LogP contribution >= 0.6 is 0 Å². The number of aromatic carboxylic acids is 1. The van der Waals surface area contributed by atoms with E-state index >= 15 is 0 Å². The van der Waals surface area contributed by atoms with Crippen molar-refractivity contribution in [2.24, 2.45) is 0 Å². The number of benzene rings is 3. The number of para-hydroxylation sites is 1. The number of carboxylic acids is 1. The molecule has 1 aromatic heterocycles. The van der Waals surface area contributed by atoms with Crippen LogP contribution in [0.3, 0.4) is 0 Å². The summed E-state index contributed by atoms with van der Waals surface area (Å²) < 4.78 is 40.3. The van der Waals surface area contributed by atoms with Crippen LogP contribution in [0.25, 0.3) is 10.9 Å². The maximum atomic E-state index is 13.5. The second-order valence-electron chi connectivity index (χ2n) is 9.71. The number of aromatic nitrogens is 2. The van der Waals surface area contributed by atoms with Crippen LogP contribution in [0.1, 0.15) is 50.5 Å². The van der Waals surface area contributed by atoms with Crippen molar-refractivity contribution < 1.29 is 32.7 Å². The number of carbonyl (C=O) groups is 3. The van der Waals surface area contributed by atoms with Gasteiger partial charge in [-0.15, -0.1) is 0 Å². The zero-order valence-electron chi connectivity index (χ0n) is 21.7. The van der Waals surface area contributed by atoms with Gasteiger partial charge in [0.25, 0.3) is 11.8 Å². The summed E-state index contributed by atoms with van der Waals surface area (Å²) in [7, 11) is 0. The predicted octanol–water partition coefficient (Wildman–Crippen LogP) is 5.79. The lowest BCUT2D eigenvalue weighted by Gasteiger charge is -2.30. The number of nitrogens with one attached hydrogen (secondary N) is 2. The van der Waals surface area contributed by atoms with E-state index in [-0.39, 0.29) is 33.4 Å². The third kappa shape index (κ3) is 6.32. The summed E-state index contributed by atoms with van der Waals surface area (Å²) in [6.45, 7) is 0.123. The quantitative estimate of drug-likeness (QED) is 0.261. The van der Waals surface area contributed by atoms with Crippen LogP contribution in [0.4, 0.5) is 30.2 Å². The molecule has 1 aliphatic rings. The fourth-order valence-electron chi connectivity index (χ4n) is 4.89. The summed E-state index contributed by atoms with van der Waals surface area (Å²) in [5.41, 5.74) is 1.45. The molecular weight excluding hydrogens is 539 g/mol. The van der Waals surface area contributed by atoms with Gasteiger partial charge in [-0.3, -0.25) is 14.3 Å². The number of rotatable bonds is 7. The number of hydrogen-bond acceptors (Lipinski definition) is 5. The van der Waals surface area contributed by atoms with Crippen LogP contribution in [0.5, 0.6) is 0 Å². The molecule has 3 aromatic carbocycles. The maximum absolute atomic E-state index is 13.5. The zero-order chi connectivity index (χ0) is 29.1. The molecule has 0 aliphatic carbocycles. The molecule has 41 heavy (non-hydrogen) atoms. The highest BCUT2D eigenvalue weighted by atomic mass is 19.4. The largest absolute Gasteiger partial charge is 0.478 e. The minimum Gasteiger partial charge on any atom is -0.478 e. The first kappa shape index (κ1) is 27.7. The van der Waals surface area contributed by atoms with E-state index in [4.69, 9.17) is 0 Å². The molecule has 212 valence electrons. The van der Waals surface area contributed by atoms with Gasteiger partial charge in [0.15, 0.2) is 5.69 Å². The molecule has 4 aromatic rings. The highest BCUT2D eigenvalue weighted by Crippen LogP contribution is 2.31. The molecule has 12 heteroatoms. The average Bonchev–Trinajstić information content (AvgIpc) is 3.30. The number of fused-ring (bicyclic) bond motifs is 1. The number of nitrogens with zero attached hydrogens (tertiary/aromatic N) is 3. The molecule has 2 heterocycles. The van der Waals surface area contributed by atoms with Gasteiger partial charge in [-0.05, 0) is 61.7 Å². The Hall–Kier alpha value is -4.87. The second kappa shape index (κ2) is 11.3. The number of hydrogen-bond donors (Lipinski definition) is 3. The zero-order valence-corrected chi connectivity index (χ0v) is 21.7. The van der Waals surface area contributed by atoms with Gasteiger partial charge in [-0.25, -0.2) is 4.79 Å². The molecule has 0 spiro atoms. The Morgan fingerprint density at radius 3 is 2.34 bits per heavy atom. The lowest BCUT2D eigenvalue weighted by atomic mass is 10.1. The molecule has 0 atom stereocenters. The van der Waals surface area contributed by atoms with Gasteiger partial charge >= 0.3 is 12.1 Å². The fraction of sp³-hybridized carbons (Fsp3) is 0.241. The second-order valence-corrected chi connectivity index (χ2v) is 9.71. The van der Waals surface area contributed by atoms with Gasteiger partial charge in [-0.1, -0.05) is 24.3 Å². The van der Waals surface area contributed by atoms with Gasteiger partial charge in [0, 0.05) is 29.7 Å². The van der Waals surface area contributed by atoms with Crippen molar-refractivity contribution in [1.82, 2.24) is 9.78 Å². The van der Waals surface area contributed by atoms with E-state index in [1.165, 1.54) is 36.4 Å². The standard InChI is InChI=1S/C29H26F3N5O4/c30-29(31,32)17-37-23-10-3-2-9-21(23)25(35-37)27(39)34-22-16-18(11-12-24(22)36-13-4-1-5-14-36)26(38)33-20-8-6-7-19(15-20)28(40)41/h2-3,6-12,15-16H,1,4-5,13-14,17H2,(H,33,38)(H,34,39)(H,40,41). The monoisotopic (exact) mass is 565 g/mol. The van der Waals surface area contributed by atoms with Crippen molar-refractivity contribution >= 4 is 45.7 Å². The molecule has 0 bridgehead atoms. The molecule has 2 amide bonds. The number of anilines is 3. The van der Waals surface area contributed by atoms with Gasteiger partial charge < -0.3 is 20.6 Å². The minimum absolute atomic E-state index is 0.00776. The SMILES string of the molecule is O=C(O)c1cccc(NC(=O)c2ccc(N3CCCCC3)c(NC(=O)c3nn(CC(F)(F)F)c4ccccc34)c2)c1. The minimum atomic E-state index is -4.53. The number of amides is 2. The van der Waals surface area contributed by atoms with E-state index in [2.05, 4.69) is 20.6 Å². The van der Waals surface area contributed by atoms with E-state index in [0.29, 0.717) is 11.4 Å². The van der Waals surface area contributed by atoms with Gasteiger partial charge in [0.2, 0.25) is 0 Å². The van der Waals surface area contributed by atoms with Crippen molar-refractivity contribution in [3.63, 3.8) is 0 Å². The molecule has 3 N–H and O–H groups in total. The van der Waals surface area contributed by atoms with Crippen molar-refractivity contribution in [2.45, 2.75) is 32.0 Å². The van der Waals surface area contributed by atoms with Crippen LogP contribution in [0.2, 0.25) is 0 Å². The van der Waals surface area contributed by atoms with Crippen molar-refractivity contribution in [1.29, 1.82) is 0 Å². The third-order valence-electron chi connectivity index (χ3n) is 6.77. The molecule has 1 aliphatic heterocycles. The summed E-state index contributed by atoms with van der Waals surface area (Å²) in [6, 6.07) is 16.8. The third-order valence-corrected chi connectivity index (χ3v) is 6.77. The highest BCUT2D eigenvalue weighted by molar-refractivity contribution is 6.13. The molecule has 0 saturated carbocycles. The Bertz CT molecular complexity index is 1630. The first-order valence-electron chi connectivity index (χ1n) is 13.0. The van der Waals surface area contributed by atoms with E-state index < -0.39 is 30.5 Å². The number of carbonyl (C=O) groups excluding carboxylic acids is 2. The molecule has 5 rings (SSSR count). The van der Waals surface area contributed by atoms with Crippen LogP contribution in [-0.2, 0) is 6.54 Å². The Balaban J connectivity index is 1.48. The summed E-state index contributed by atoms with van der Waals surface area (Å²) in [6.07, 6.45) is -1.57. The maximum Gasteiger partial charge on any atom is 0.408 e. The molecule has 9 nitrogen and oxygen atoms in total. The molecule has 0 radical (unpaired) electrons. The van der Waals surface area contributed by atoms with Gasteiger partial charge in [0.1, 0.15) is 6.54 Å². The number of alkyl halides is 3. The average molecular weight is 566 g/mol. The predicted molar refractivity (Wildman–Crippen MR) is 148 cm³/mol. The fourth-order valence-corrected chi connectivity index (χ4v) is 4.89. The number of carboxylic acid groups (broad SMARTS) is 1. The lowest BCUT2D eigenvalue weighted by molar-refractivity contribution is -0.141. The summed E-state index contributed by atoms with van der Waals surface area (Å²) in [5.74, 6) is -2.39. The van der Waals surface area contributed by atoms with Crippen LogP contribution in [0.15, 0.2) is 66.7 Å².